The lowest BCUT2D eigenvalue weighted by atomic mass is 10.1. The Morgan fingerprint density at radius 2 is 1.56 bits per heavy atom. The Morgan fingerprint density at radius 3 is 2.15 bits per heavy atom. The number of amides is 2. The van der Waals surface area contributed by atoms with Crippen LogP contribution in [-0.2, 0) is 26.2 Å². The number of methoxy groups -OCH3 is 2. The summed E-state index contributed by atoms with van der Waals surface area (Å²) in [7, 11) is -1.39. The summed E-state index contributed by atoms with van der Waals surface area (Å²) in [5, 5.41) is 3.45. The van der Waals surface area contributed by atoms with Gasteiger partial charge in [-0.1, -0.05) is 48.9 Å². The summed E-state index contributed by atoms with van der Waals surface area (Å²) >= 11 is 6.05. The van der Waals surface area contributed by atoms with Crippen molar-refractivity contribution in [3.63, 3.8) is 0 Å². The number of hydrogen-bond donors (Lipinski definition) is 1. The SMILES string of the molecule is CC[C@H](C)NC(=O)[C@@H](C)N(Cc1ccc(Cl)cc1)C(=O)CN(c1ccccc1)S(=O)(=O)c1ccc(OC)c(OC)c1. The summed E-state index contributed by atoms with van der Waals surface area (Å²) in [6.07, 6.45) is 0.717. The molecule has 220 valence electrons. The van der Waals surface area contributed by atoms with Crippen LogP contribution < -0.4 is 19.1 Å². The molecule has 2 amide bonds. The van der Waals surface area contributed by atoms with E-state index in [0.29, 0.717) is 16.5 Å². The van der Waals surface area contributed by atoms with Gasteiger partial charge >= 0.3 is 0 Å². The van der Waals surface area contributed by atoms with Gasteiger partial charge in [-0.25, -0.2) is 8.42 Å². The quantitative estimate of drug-likeness (QED) is 0.299. The van der Waals surface area contributed by atoms with Gasteiger partial charge in [0.25, 0.3) is 10.0 Å². The molecule has 2 atom stereocenters. The predicted octanol–water partition coefficient (Wildman–Crippen LogP) is 4.88. The van der Waals surface area contributed by atoms with E-state index in [-0.39, 0.29) is 29.1 Å². The molecule has 0 fully saturated rings. The molecule has 3 rings (SSSR count). The van der Waals surface area contributed by atoms with Crippen molar-refractivity contribution in [1.82, 2.24) is 10.2 Å². The molecular weight excluding hydrogens is 566 g/mol. The Labute approximate surface area is 247 Å². The second-order valence-corrected chi connectivity index (χ2v) is 11.8. The van der Waals surface area contributed by atoms with Gasteiger partial charge in [0.2, 0.25) is 11.8 Å². The lowest BCUT2D eigenvalue weighted by Crippen LogP contribution is -2.52. The third-order valence-electron chi connectivity index (χ3n) is 6.70. The van der Waals surface area contributed by atoms with E-state index in [1.807, 2.05) is 13.8 Å². The average Bonchev–Trinajstić information content (AvgIpc) is 2.98. The Bertz CT molecular complexity index is 1430. The number of hydrogen-bond acceptors (Lipinski definition) is 6. The minimum atomic E-state index is -4.26. The molecule has 0 heterocycles. The maximum absolute atomic E-state index is 14.0. The summed E-state index contributed by atoms with van der Waals surface area (Å²) < 4.78 is 39.6. The monoisotopic (exact) mass is 601 g/mol. The van der Waals surface area contributed by atoms with Crippen molar-refractivity contribution < 1.29 is 27.5 Å². The van der Waals surface area contributed by atoms with E-state index in [1.165, 1.54) is 37.3 Å². The fourth-order valence-electron chi connectivity index (χ4n) is 4.06. The molecule has 0 aromatic heterocycles. The highest BCUT2D eigenvalue weighted by Crippen LogP contribution is 2.32. The first kappa shape index (κ1) is 31.8. The second-order valence-electron chi connectivity index (χ2n) is 9.51. The second kappa shape index (κ2) is 14.2. The first-order chi connectivity index (χ1) is 19.5. The van der Waals surface area contributed by atoms with Crippen molar-refractivity contribution in [3.8, 4) is 11.5 Å². The molecule has 0 spiro atoms. The van der Waals surface area contributed by atoms with Crippen molar-refractivity contribution in [2.75, 3.05) is 25.1 Å². The molecule has 3 aromatic carbocycles. The van der Waals surface area contributed by atoms with E-state index in [1.54, 1.807) is 61.5 Å². The topological polar surface area (TPSA) is 105 Å². The Hall–Kier alpha value is -3.76. The van der Waals surface area contributed by atoms with Crippen LogP contribution in [0.25, 0.3) is 0 Å². The van der Waals surface area contributed by atoms with E-state index >= 15 is 0 Å². The number of rotatable bonds is 13. The van der Waals surface area contributed by atoms with Crippen LogP contribution in [0, 0.1) is 0 Å². The van der Waals surface area contributed by atoms with Gasteiger partial charge in [-0.2, -0.15) is 0 Å². The molecule has 0 saturated carbocycles. The maximum atomic E-state index is 14.0. The smallest absolute Gasteiger partial charge is 0.264 e. The lowest BCUT2D eigenvalue weighted by molar-refractivity contribution is -0.139. The Kier molecular flexibility index (Phi) is 11.0. The summed E-state index contributed by atoms with van der Waals surface area (Å²) in [5.41, 5.74) is 1.03. The molecule has 41 heavy (non-hydrogen) atoms. The molecule has 0 aliphatic carbocycles. The van der Waals surface area contributed by atoms with Gasteiger partial charge in [-0.15, -0.1) is 0 Å². The van der Waals surface area contributed by atoms with Crippen molar-refractivity contribution in [3.05, 3.63) is 83.4 Å². The molecule has 0 unspecified atom stereocenters. The zero-order valence-electron chi connectivity index (χ0n) is 23.8. The first-order valence-electron chi connectivity index (χ1n) is 13.2. The molecule has 1 N–H and O–H groups in total. The lowest BCUT2D eigenvalue weighted by Gasteiger charge is -2.32. The Morgan fingerprint density at radius 1 is 0.927 bits per heavy atom. The van der Waals surface area contributed by atoms with E-state index in [2.05, 4.69) is 5.32 Å². The van der Waals surface area contributed by atoms with E-state index in [9.17, 15) is 18.0 Å². The van der Waals surface area contributed by atoms with Crippen molar-refractivity contribution in [2.24, 2.45) is 0 Å². The van der Waals surface area contributed by atoms with Crippen LogP contribution in [0.15, 0.2) is 77.7 Å². The highest BCUT2D eigenvalue weighted by molar-refractivity contribution is 7.92. The van der Waals surface area contributed by atoms with Crippen molar-refractivity contribution >= 4 is 39.1 Å². The van der Waals surface area contributed by atoms with Crippen LogP contribution in [0.5, 0.6) is 11.5 Å². The number of nitrogens with one attached hydrogen (secondary N) is 1. The van der Waals surface area contributed by atoms with Crippen LogP contribution in [-0.4, -0.2) is 58.0 Å². The fourth-order valence-corrected chi connectivity index (χ4v) is 5.62. The fraction of sp³-hybridized carbons (Fsp3) is 0.333. The standard InChI is InChI=1S/C30H36ClN3O6S/c1-6-21(2)32-30(36)22(3)33(19-23-12-14-24(31)15-13-23)29(35)20-34(25-10-8-7-9-11-25)41(37,38)26-16-17-27(39-4)28(18-26)40-5/h7-18,21-22H,6,19-20H2,1-5H3,(H,32,36)/t21-,22+/m0/s1. The number of nitrogens with zero attached hydrogens (tertiary/aromatic N) is 2. The molecule has 0 aliphatic rings. The maximum Gasteiger partial charge on any atom is 0.264 e. The van der Waals surface area contributed by atoms with E-state index in [4.69, 9.17) is 21.1 Å². The van der Waals surface area contributed by atoms with Crippen molar-refractivity contribution in [1.29, 1.82) is 0 Å². The van der Waals surface area contributed by atoms with E-state index in [0.717, 1.165) is 16.3 Å². The van der Waals surface area contributed by atoms with Crippen LogP contribution in [0.3, 0.4) is 0 Å². The number of carbonyl (C=O) groups is 2. The molecule has 9 nitrogen and oxygen atoms in total. The average molecular weight is 602 g/mol. The normalized spacial score (nSPS) is 12.6. The number of benzene rings is 3. The third-order valence-corrected chi connectivity index (χ3v) is 8.72. The summed E-state index contributed by atoms with van der Waals surface area (Å²) in [5.74, 6) is -0.299. The van der Waals surface area contributed by atoms with Gasteiger partial charge in [0.05, 0.1) is 24.8 Å². The zero-order chi connectivity index (χ0) is 30.2. The number of anilines is 1. The van der Waals surface area contributed by atoms with Gasteiger partial charge in [-0.05, 0) is 62.2 Å². The zero-order valence-corrected chi connectivity index (χ0v) is 25.4. The number of para-hydroxylation sites is 1. The summed E-state index contributed by atoms with van der Waals surface area (Å²) in [6, 6.07) is 18.5. The molecule has 0 aliphatic heterocycles. The van der Waals surface area contributed by atoms with Crippen molar-refractivity contribution in [2.45, 2.75) is 50.7 Å². The van der Waals surface area contributed by atoms with Gasteiger partial charge in [0.1, 0.15) is 12.6 Å². The van der Waals surface area contributed by atoms with E-state index < -0.39 is 28.5 Å². The molecule has 0 radical (unpaired) electrons. The van der Waals surface area contributed by atoms with Gasteiger partial charge in [0, 0.05) is 23.7 Å². The van der Waals surface area contributed by atoms with Gasteiger partial charge < -0.3 is 19.7 Å². The first-order valence-corrected chi connectivity index (χ1v) is 15.0. The Balaban J connectivity index is 2.03. The summed E-state index contributed by atoms with van der Waals surface area (Å²) in [4.78, 5) is 28.4. The molecule has 0 bridgehead atoms. The number of sulfonamides is 1. The van der Waals surface area contributed by atoms with Crippen LogP contribution in [0.4, 0.5) is 5.69 Å². The van der Waals surface area contributed by atoms with Crippen LogP contribution >= 0.6 is 11.6 Å². The number of halogens is 1. The largest absolute Gasteiger partial charge is 0.493 e. The highest BCUT2D eigenvalue weighted by Gasteiger charge is 2.33. The molecule has 3 aromatic rings. The highest BCUT2D eigenvalue weighted by atomic mass is 35.5. The molecular formula is C30H36ClN3O6S. The summed E-state index contributed by atoms with van der Waals surface area (Å²) in [6.45, 7) is 4.98. The minimum absolute atomic E-state index is 0.0735. The number of ether oxygens (including phenoxy) is 2. The molecule has 0 saturated heterocycles. The number of carbonyl (C=O) groups excluding carboxylic acids is 2. The van der Waals surface area contributed by atoms with Gasteiger partial charge in [-0.3, -0.25) is 13.9 Å². The van der Waals surface area contributed by atoms with Gasteiger partial charge in [0.15, 0.2) is 11.5 Å². The molecule has 11 heteroatoms. The minimum Gasteiger partial charge on any atom is -0.493 e. The predicted molar refractivity (Wildman–Crippen MR) is 160 cm³/mol. The van der Waals surface area contributed by atoms with Crippen LogP contribution in [0.1, 0.15) is 32.8 Å². The van der Waals surface area contributed by atoms with Crippen LogP contribution in [0.2, 0.25) is 5.02 Å². The third kappa shape index (κ3) is 7.92.